The average Bonchev–Trinajstić information content (AvgIpc) is 2.79. The van der Waals surface area contributed by atoms with Crippen molar-refractivity contribution < 1.29 is 14.7 Å². The Morgan fingerprint density at radius 2 is 2.05 bits per heavy atom. The van der Waals surface area contributed by atoms with Gasteiger partial charge in [-0.05, 0) is 43.7 Å². The predicted octanol–water partition coefficient (Wildman–Crippen LogP) is 3.42. The summed E-state index contributed by atoms with van der Waals surface area (Å²) in [6.45, 7) is 4.23. The van der Waals surface area contributed by atoms with Crippen molar-refractivity contribution in [1.82, 2.24) is 4.57 Å². The van der Waals surface area contributed by atoms with Gasteiger partial charge in [0.15, 0.2) is 0 Å². The molecule has 2 aromatic rings. The summed E-state index contributed by atoms with van der Waals surface area (Å²) in [5.74, 6) is -1.27. The van der Waals surface area contributed by atoms with Gasteiger partial charge >= 0.3 is 5.97 Å². The highest BCUT2D eigenvalue weighted by atomic mass is 35.5. The van der Waals surface area contributed by atoms with E-state index < -0.39 is 5.97 Å². The number of carbonyl (C=O) groups is 2. The molecule has 0 aliphatic carbocycles. The van der Waals surface area contributed by atoms with E-state index in [0.29, 0.717) is 28.5 Å². The van der Waals surface area contributed by atoms with Crippen LogP contribution in [-0.4, -0.2) is 21.6 Å². The van der Waals surface area contributed by atoms with Crippen molar-refractivity contribution in [2.24, 2.45) is 0 Å². The zero-order chi connectivity index (χ0) is 15.6. The maximum atomic E-state index is 12.2. The summed E-state index contributed by atoms with van der Waals surface area (Å²) in [7, 11) is 0. The highest BCUT2D eigenvalue weighted by molar-refractivity contribution is 6.31. The Morgan fingerprint density at radius 1 is 1.33 bits per heavy atom. The van der Waals surface area contributed by atoms with Crippen LogP contribution in [0.25, 0.3) is 0 Å². The summed E-state index contributed by atoms with van der Waals surface area (Å²) < 4.78 is 1.75. The maximum absolute atomic E-state index is 12.2. The molecule has 5 nitrogen and oxygen atoms in total. The third-order valence-corrected chi connectivity index (χ3v) is 3.36. The summed E-state index contributed by atoms with van der Waals surface area (Å²) >= 11 is 5.91. The molecule has 0 bridgehead atoms. The van der Waals surface area contributed by atoms with E-state index in [0.717, 1.165) is 0 Å². The van der Waals surface area contributed by atoms with Crippen molar-refractivity contribution in [3.8, 4) is 0 Å². The fourth-order valence-electron chi connectivity index (χ4n) is 2.10. The summed E-state index contributed by atoms with van der Waals surface area (Å²) in [5, 5.41) is 12.2. The molecule has 0 aliphatic heterocycles. The molecule has 0 spiro atoms. The number of nitrogens with one attached hydrogen (secondary N) is 1. The second-order valence-corrected chi connectivity index (χ2v) is 5.05. The Bertz CT molecular complexity index is 707. The number of carbonyl (C=O) groups excluding carboxylic acids is 1. The molecule has 0 fully saturated rings. The van der Waals surface area contributed by atoms with Crippen LogP contribution in [0.1, 0.15) is 33.3 Å². The molecule has 0 radical (unpaired) electrons. The Morgan fingerprint density at radius 3 is 2.62 bits per heavy atom. The van der Waals surface area contributed by atoms with Crippen LogP contribution in [-0.2, 0) is 6.54 Å². The number of anilines is 1. The molecule has 1 amide bonds. The van der Waals surface area contributed by atoms with E-state index in [2.05, 4.69) is 5.32 Å². The lowest BCUT2D eigenvalue weighted by molar-refractivity contribution is 0.0696. The van der Waals surface area contributed by atoms with Crippen molar-refractivity contribution in [1.29, 1.82) is 0 Å². The molecule has 1 heterocycles. The lowest BCUT2D eigenvalue weighted by Gasteiger charge is -2.09. The van der Waals surface area contributed by atoms with E-state index in [9.17, 15) is 9.59 Å². The first-order chi connectivity index (χ1) is 9.92. The van der Waals surface area contributed by atoms with Gasteiger partial charge in [0.2, 0.25) is 0 Å². The SMILES string of the molecule is CCn1cc(Cl)cc1C(=O)Nc1ccc(C(=O)O)c(C)c1. The molecule has 1 aromatic heterocycles. The van der Waals surface area contributed by atoms with Gasteiger partial charge < -0.3 is 15.0 Å². The molecule has 0 saturated carbocycles. The van der Waals surface area contributed by atoms with Crippen LogP contribution < -0.4 is 5.32 Å². The van der Waals surface area contributed by atoms with Gasteiger partial charge in [-0.3, -0.25) is 4.79 Å². The lowest BCUT2D eigenvalue weighted by atomic mass is 10.1. The summed E-state index contributed by atoms with van der Waals surface area (Å²) in [6, 6.07) is 6.26. The molecule has 0 atom stereocenters. The number of nitrogens with zero attached hydrogens (tertiary/aromatic N) is 1. The smallest absolute Gasteiger partial charge is 0.335 e. The van der Waals surface area contributed by atoms with E-state index in [-0.39, 0.29) is 11.5 Å². The number of hydrogen-bond acceptors (Lipinski definition) is 2. The van der Waals surface area contributed by atoms with Crippen molar-refractivity contribution in [3.05, 3.63) is 52.3 Å². The van der Waals surface area contributed by atoms with Crippen LogP contribution in [0.4, 0.5) is 5.69 Å². The minimum atomic E-state index is -0.989. The second kappa shape index (κ2) is 6.01. The standard InChI is InChI=1S/C15H15ClN2O3/c1-3-18-8-10(16)7-13(18)14(19)17-11-4-5-12(15(20)21)9(2)6-11/h4-8H,3H2,1-2H3,(H,17,19)(H,20,21). The zero-order valence-electron chi connectivity index (χ0n) is 11.7. The average molecular weight is 307 g/mol. The van der Waals surface area contributed by atoms with Crippen LogP contribution in [0.2, 0.25) is 5.02 Å². The number of carboxylic acids is 1. The van der Waals surface area contributed by atoms with Crippen LogP contribution in [0, 0.1) is 6.92 Å². The van der Waals surface area contributed by atoms with Crippen molar-refractivity contribution in [2.75, 3.05) is 5.32 Å². The van der Waals surface area contributed by atoms with E-state index in [4.69, 9.17) is 16.7 Å². The van der Waals surface area contributed by atoms with Crippen LogP contribution >= 0.6 is 11.6 Å². The van der Waals surface area contributed by atoms with E-state index in [1.807, 2.05) is 6.92 Å². The van der Waals surface area contributed by atoms with Gasteiger partial charge in [-0.1, -0.05) is 11.6 Å². The summed E-state index contributed by atoms with van der Waals surface area (Å²) in [6.07, 6.45) is 1.69. The fraction of sp³-hybridized carbons (Fsp3) is 0.200. The normalized spacial score (nSPS) is 10.4. The van der Waals surface area contributed by atoms with Crippen molar-refractivity contribution in [2.45, 2.75) is 20.4 Å². The number of aromatic nitrogens is 1. The minimum absolute atomic E-state index is 0.216. The summed E-state index contributed by atoms with van der Waals surface area (Å²) in [5.41, 5.74) is 1.81. The van der Waals surface area contributed by atoms with E-state index in [1.165, 1.54) is 6.07 Å². The number of rotatable bonds is 4. The fourth-order valence-corrected chi connectivity index (χ4v) is 2.32. The molecular weight excluding hydrogens is 292 g/mol. The lowest BCUT2D eigenvalue weighted by Crippen LogP contribution is -2.16. The number of amides is 1. The van der Waals surface area contributed by atoms with E-state index >= 15 is 0 Å². The highest BCUT2D eigenvalue weighted by Gasteiger charge is 2.14. The number of hydrogen-bond donors (Lipinski definition) is 2. The van der Waals surface area contributed by atoms with Crippen LogP contribution in [0.3, 0.4) is 0 Å². The molecule has 0 saturated heterocycles. The molecule has 1 aromatic carbocycles. The Labute approximate surface area is 127 Å². The Kier molecular flexibility index (Phi) is 4.33. The molecule has 2 rings (SSSR count). The van der Waals surface area contributed by atoms with Gasteiger partial charge in [0, 0.05) is 18.4 Å². The van der Waals surface area contributed by atoms with Crippen LogP contribution in [0.15, 0.2) is 30.5 Å². The first kappa shape index (κ1) is 15.1. The second-order valence-electron chi connectivity index (χ2n) is 4.62. The van der Waals surface area contributed by atoms with Gasteiger partial charge in [-0.25, -0.2) is 4.79 Å². The van der Waals surface area contributed by atoms with Gasteiger partial charge in [0.25, 0.3) is 5.91 Å². The van der Waals surface area contributed by atoms with Gasteiger partial charge in [-0.2, -0.15) is 0 Å². The van der Waals surface area contributed by atoms with Gasteiger partial charge in [0.1, 0.15) is 5.69 Å². The van der Waals surface area contributed by atoms with Gasteiger partial charge in [0.05, 0.1) is 10.6 Å². The van der Waals surface area contributed by atoms with Crippen LogP contribution in [0.5, 0.6) is 0 Å². The Balaban J connectivity index is 2.23. The molecule has 2 N–H and O–H groups in total. The number of aromatic carboxylic acids is 1. The topological polar surface area (TPSA) is 71.3 Å². The molecule has 110 valence electrons. The first-order valence-corrected chi connectivity index (χ1v) is 6.81. The highest BCUT2D eigenvalue weighted by Crippen LogP contribution is 2.18. The molecular formula is C15H15ClN2O3. The first-order valence-electron chi connectivity index (χ1n) is 6.43. The Hall–Kier alpha value is -2.27. The summed E-state index contributed by atoms with van der Waals surface area (Å²) in [4.78, 5) is 23.2. The maximum Gasteiger partial charge on any atom is 0.335 e. The molecule has 21 heavy (non-hydrogen) atoms. The predicted molar refractivity (Wildman–Crippen MR) is 81.2 cm³/mol. The number of aryl methyl sites for hydroxylation is 2. The number of carboxylic acid groups (broad SMARTS) is 1. The quantitative estimate of drug-likeness (QED) is 0.909. The van der Waals surface area contributed by atoms with Crippen molar-refractivity contribution >= 4 is 29.2 Å². The third-order valence-electron chi connectivity index (χ3n) is 3.15. The zero-order valence-corrected chi connectivity index (χ0v) is 12.4. The minimum Gasteiger partial charge on any atom is -0.478 e. The molecule has 6 heteroatoms. The molecule has 0 aliphatic rings. The number of benzene rings is 1. The largest absolute Gasteiger partial charge is 0.478 e. The van der Waals surface area contributed by atoms with Crippen molar-refractivity contribution in [3.63, 3.8) is 0 Å². The third kappa shape index (κ3) is 3.25. The van der Waals surface area contributed by atoms with Gasteiger partial charge in [-0.15, -0.1) is 0 Å². The number of halogens is 1. The van der Waals surface area contributed by atoms with E-state index in [1.54, 1.807) is 35.9 Å². The molecule has 0 unspecified atom stereocenters. The monoisotopic (exact) mass is 306 g/mol.